The Labute approximate surface area is 125 Å². The van der Waals surface area contributed by atoms with E-state index < -0.39 is 16.6 Å². The molecule has 0 fully saturated rings. The van der Waals surface area contributed by atoms with E-state index in [4.69, 9.17) is 8.85 Å². The standard InChI is InChI=1S/C14H30O4Si2/c1-11(2)12(9-13(15)17-19(3,4)5)10-14(16)18-20(6,7)8/h11-12H,9-10H2,1-8H3. The maximum Gasteiger partial charge on any atom is 0.292 e. The lowest BCUT2D eigenvalue weighted by Crippen LogP contribution is -2.33. The summed E-state index contributed by atoms with van der Waals surface area (Å²) in [5, 5.41) is 0. The highest BCUT2D eigenvalue weighted by atomic mass is 28.4. The summed E-state index contributed by atoms with van der Waals surface area (Å²) in [6.07, 6.45) is 0.589. The molecule has 0 amide bonds. The van der Waals surface area contributed by atoms with E-state index in [1.165, 1.54) is 0 Å². The summed E-state index contributed by atoms with van der Waals surface area (Å²) in [6, 6.07) is 0. The number of carbonyl (C=O) groups is 2. The van der Waals surface area contributed by atoms with Crippen LogP contribution in [0, 0.1) is 11.8 Å². The van der Waals surface area contributed by atoms with E-state index in [0.717, 1.165) is 0 Å². The molecule has 20 heavy (non-hydrogen) atoms. The van der Waals surface area contributed by atoms with E-state index in [-0.39, 0.29) is 23.8 Å². The third-order valence-corrected chi connectivity index (χ3v) is 4.32. The average molecular weight is 319 g/mol. The molecule has 0 spiro atoms. The van der Waals surface area contributed by atoms with Crippen molar-refractivity contribution in [3.63, 3.8) is 0 Å². The summed E-state index contributed by atoms with van der Waals surface area (Å²) < 4.78 is 10.9. The zero-order chi connectivity index (χ0) is 16.1. The van der Waals surface area contributed by atoms with Gasteiger partial charge in [-0.2, -0.15) is 0 Å². The smallest absolute Gasteiger partial charge is 0.292 e. The third-order valence-electron chi connectivity index (χ3n) is 2.64. The normalized spacial score (nSPS) is 12.7. The highest BCUT2D eigenvalue weighted by Crippen LogP contribution is 2.22. The van der Waals surface area contributed by atoms with Crippen molar-refractivity contribution < 1.29 is 18.4 Å². The predicted octanol–water partition coefficient (Wildman–Crippen LogP) is 3.80. The first-order chi connectivity index (χ1) is 8.80. The van der Waals surface area contributed by atoms with Crippen molar-refractivity contribution in [1.29, 1.82) is 0 Å². The molecular weight excluding hydrogens is 288 g/mol. The van der Waals surface area contributed by atoms with Gasteiger partial charge in [0, 0.05) is 12.8 Å². The van der Waals surface area contributed by atoms with Crippen molar-refractivity contribution in [1.82, 2.24) is 0 Å². The van der Waals surface area contributed by atoms with Gasteiger partial charge in [0.25, 0.3) is 11.9 Å². The Morgan fingerprint density at radius 3 is 1.30 bits per heavy atom. The van der Waals surface area contributed by atoms with Crippen LogP contribution in [0.3, 0.4) is 0 Å². The van der Waals surface area contributed by atoms with E-state index in [1.807, 2.05) is 53.1 Å². The van der Waals surface area contributed by atoms with Gasteiger partial charge in [0.15, 0.2) is 0 Å². The Bertz CT molecular complexity index is 310. The van der Waals surface area contributed by atoms with Crippen LogP contribution in [0.5, 0.6) is 0 Å². The fourth-order valence-electron chi connectivity index (χ4n) is 1.74. The topological polar surface area (TPSA) is 52.6 Å². The second kappa shape index (κ2) is 7.40. The van der Waals surface area contributed by atoms with Crippen molar-refractivity contribution in [3.05, 3.63) is 0 Å². The molecule has 0 unspecified atom stereocenters. The van der Waals surface area contributed by atoms with Crippen molar-refractivity contribution in [2.45, 2.75) is 66.0 Å². The minimum Gasteiger partial charge on any atom is -0.520 e. The fourth-order valence-corrected chi connectivity index (χ4v) is 3.27. The Balaban J connectivity index is 4.52. The number of rotatable bonds is 7. The summed E-state index contributed by atoms with van der Waals surface area (Å²) in [4.78, 5) is 23.8. The second-order valence-electron chi connectivity index (χ2n) is 7.59. The van der Waals surface area contributed by atoms with Crippen LogP contribution in [0.25, 0.3) is 0 Å². The zero-order valence-corrected chi connectivity index (χ0v) is 16.2. The summed E-state index contributed by atoms with van der Waals surface area (Å²) in [5.74, 6) is -0.145. The van der Waals surface area contributed by atoms with Gasteiger partial charge in [-0.1, -0.05) is 13.8 Å². The second-order valence-corrected chi connectivity index (χ2v) is 16.4. The lowest BCUT2D eigenvalue weighted by molar-refractivity contribution is -0.139. The molecule has 0 radical (unpaired) electrons. The van der Waals surface area contributed by atoms with Gasteiger partial charge in [-0.25, -0.2) is 0 Å². The minimum atomic E-state index is -1.86. The predicted molar refractivity (Wildman–Crippen MR) is 86.4 cm³/mol. The molecule has 0 saturated heterocycles. The molecule has 6 heteroatoms. The first kappa shape index (κ1) is 19.4. The Hall–Kier alpha value is -0.626. The molecule has 0 aliphatic heterocycles. The van der Waals surface area contributed by atoms with Gasteiger partial charge in [-0.05, 0) is 51.1 Å². The Kier molecular flexibility index (Phi) is 7.17. The van der Waals surface area contributed by atoms with Crippen LogP contribution < -0.4 is 0 Å². The molecule has 0 atom stereocenters. The zero-order valence-electron chi connectivity index (χ0n) is 14.2. The van der Waals surface area contributed by atoms with Gasteiger partial charge in [0.05, 0.1) is 0 Å². The molecular formula is C14H30O4Si2. The quantitative estimate of drug-likeness (QED) is 0.670. The van der Waals surface area contributed by atoms with E-state index in [0.29, 0.717) is 12.8 Å². The van der Waals surface area contributed by atoms with Gasteiger partial charge in [-0.15, -0.1) is 0 Å². The molecule has 0 heterocycles. The molecule has 0 aliphatic carbocycles. The van der Waals surface area contributed by atoms with Crippen molar-refractivity contribution in [2.75, 3.05) is 0 Å². The van der Waals surface area contributed by atoms with Crippen LogP contribution in [-0.4, -0.2) is 28.6 Å². The van der Waals surface area contributed by atoms with Crippen LogP contribution in [0.15, 0.2) is 0 Å². The molecule has 0 aromatic rings. The van der Waals surface area contributed by atoms with Crippen LogP contribution in [0.4, 0.5) is 0 Å². The first-order valence-corrected chi connectivity index (χ1v) is 14.1. The van der Waals surface area contributed by atoms with Crippen LogP contribution >= 0.6 is 0 Å². The highest BCUT2D eigenvalue weighted by Gasteiger charge is 2.28. The maximum atomic E-state index is 11.9. The maximum absolute atomic E-state index is 11.9. The summed E-state index contributed by atoms with van der Waals surface area (Å²) in [5.41, 5.74) is 0. The van der Waals surface area contributed by atoms with E-state index in [2.05, 4.69) is 0 Å². The minimum absolute atomic E-state index is 0.0114. The lowest BCUT2D eigenvalue weighted by atomic mass is 9.90. The fraction of sp³-hybridized carbons (Fsp3) is 0.857. The van der Waals surface area contributed by atoms with Gasteiger partial charge in [0.1, 0.15) is 0 Å². The Morgan fingerprint density at radius 1 is 0.800 bits per heavy atom. The largest absolute Gasteiger partial charge is 0.520 e. The van der Waals surface area contributed by atoms with Crippen LogP contribution in [0.1, 0.15) is 26.7 Å². The van der Waals surface area contributed by atoms with Gasteiger partial charge in [-0.3, -0.25) is 9.59 Å². The average Bonchev–Trinajstić information content (AvgIpc) is 2.09. The van der Waals surface area contributed by atoms with E-state index in [9.17, 15) is 9.59 Å². The molecule has 0 aromatic carbocycles. The van der Waals surface area contributed by atoms with Crippen molar-refractivity contribution >= 4 is 28.6 Å². The van der Waals surface area contributed by atoms with Crippen LogP contribution in [-0.2, 0) is 18.4 Å². The number of hydrogen-bond donors (Lipinski definition) is 0. The molecule has 0 saturated carbocycles. The third kappa shape index (κ3) is 10.2. The monoisotopic (exact) mass is 318 g/mol. The molecule has 0 bridgehead atoms. The number of hydrogen-bond acceptors (Lipinski definition) is 4. The molecule has 0 rings (SSSR count). The first-order valence-electron chi connectivity index (χ1n) is 7.24. The van der Waals surface area contributed by atoms with Crippen molar-refractivity contribution in [2.24, 2.45) is 11.8 Å². The molecule has 4 nitrogen and oxygen atoms in total. The lowest BCUT2D eigenvalue weighted by Gasteiger charge is -2.24. The molecule has 0 aromatic heterocycles. The van der Waals surface area contributed by atoms with Gasteiger partial charge >= 0.3 is 0 Å². The SMILES string of the molecule is CC(C)C(CC(=O)O[Si](C)(C)C)CC(=O)O[Si](C)(C)C. The molecule has 118 valence electrons. The van der Waals surface area contributed by atoms with Gasteiger partial charge in [0.2, 0.25) is 16.6 Å². The summed E-state index contributed by atoms with van der Waals surface area (Å²) in [7, 11) is -3.72. The highest BCUT2D eigenvalue weighted by molar-refractivity contribution is 6.71. The molecule has 0 N–H and O–H groups in total. The summed E-state index contributed by atoms with van der Waals surface area (Å²) >= 11 is 0. The van der Waals surface area contributed by atoms with Crippen molar-refractivity contribution in [3.8, 4) is 0 Å². The van der Waals surface area contributed by atoms with Crippen LogP contribution in [0.2, 0.25) is 39.3 Å². The Morgan fingerprint density at radius 2 is 1.10 bits per heavy atom. The summed E-state index contributed by atoms with van der Waals surface area (Å²) in [6.45, 7) is 15.9. The van der Waals surface area contributed by atoms with E-state index in [1.54, 1.807) is 0 Å². The number of carbonyl (C=O) groups excluding carboxylic acids is 2. The van der Waals surface area contributed by atoms with E-state index >= 15 is 0 Å². The molecule has 0 aliphatic rings. The van der Waals surface area contributed by atoms with Gasteiger partial charge < -0.3 is 8.85 Å².